The molecule has 4 rings (SSSR count). The van der Waals surface area contributed by atoms with Crippen molar-refractivity contribution in [2.75, 3.05) is 11.9 Å². The summed E-state index contributed by atoms with van der Waals surface area (Å²) in [6, 6.07) is 18.8. The summed E-state index contributed by atoms with van der Waals surface area (Å²) in [4.78, 5) is 36.5. The molecule has 0 bridgehead atoms. The van der Waals surface area contributed by atoms with Gasteiger partial charge in [0.05, 0.1) is 0 Å². The number of fused-ring (bicyclic) bond motifs is 3. The molecular formula is C27H26N2O6. The monoisotopic (exact) mass is 474 g/mol. The van der Waals surface area contributed by atoms with E-state index in [4.69, 9.17) is 9.84 Å². The van der Waals surface area contributed by atoms with Crippen molar-refractivity contribution >= 4 is 23.7 Å². The van der Waals surface area contributed by atoms with Gasteiger partial charge in [-0.1, -0.05) is 62.4 Å². The van der Waals surface area contributed by atoms with Gasteiger partial charge >= 0.3 is 12.1 Å². The smallest absolute Gasteiger partial charge is 0.407 e. The van der Waals surface area contributed by atoms with E-state index >= 15 is 0 Å². The number of phenols is 1. The Morgan fingerprint density at radius 1 is 0.943 bits per heavy atom. The van der Waals surface area contributed by atoms with Crippen LogP contribution in [0.25, 0.3) is 11.1 Å². The number of rotatable bonds is 7. The van der Waals surface area contributed by atoms with Gasteiger partial charge in [-0.3, -0.25) is 4.79 Å². The molecule has 0 aliphatic heterocycles. The lowest BCUT2D eigenvalue weighted by Gasteiger charge is -2.22. The molecule has 4 N–H and O–H groups in total. The first-order valence-electron chi connectivity index (χ1n) is 11.2. The van der Waals surface area contributed by atoms with Crippen LogP contribution >= 0.6 is 0 Å². The fourth-order valence-electron chi connectivity index (χ4n) is 4.31. The minimum absolute atomic E-state index is 0.102. The van der Waals surface area contributed by atoms with Gasteiger partial charge in [0.2, 0.25) is 5.91 Å². The highest BCUT2D eigenvalue weighted by Gasteiger charge is 2.30. The van der Waals surface area contributed by atoms with Gasteiger partial charge in [0, 0.05) is 17.7 Å². The maximum atomic E-state index is 12.8. The maximum absolute atomic E-state index is 12.8. The number of hydrogen-bond acceptors (Lipinski definition) is 5. The van der Waals surface area contributed by atoms with Crippen molar-refractivity contribution in [3.05, 3.63) is 83.4 Å². The van der Waals surface area contributed by atoms with Gasteiger partial charge in [0.15, 0.2) is 0 Å². The summed E-state index contributed by atoms with van der Waals surface area (Å²) >= 11 is 0. The number of aromatic carboxylic acids is 1. The predicted octanol–water partition coefficient (Wildman–Crippen LogP) is 4.59. The van der Waals surface area contributed by atoms with Crippen LogP contribution in [0.5, 0.6) is 5.75 Å². The van der Waals surface area contributed by atoms with Crippen LogP contribution in [0.4, 0.5) is 10.5 Å². The van der Waals surface area contributed by atoms with Crippen molar-refractivity contribution in [2.45, 2.75) is 25.8 Å². The van der Waals surface area contributed by atoms with Crippen LogP contribution in [0.2, 0.25) is 0 Å². The quantitative estimate of drug-likeness (QED) is 0.397. The van der Waals surface area contributed by atoms with E-state index < -0.39 is 29.8 Å². The first-order valence-corrected chi connectivity index (χ1v) is 11.2. The molecule has 35 heavy (non-hydrogen) atoms. The molecular weight excluding hydrogens is 448 g/mol. The topological polar surface area (TPSA) is 125 Å². The minimum Gasteiger partial charge on any atom is -0.507 e. The number of hydrogen-bond donors (Lipinski definition) is 4. The second-order valence-corrected chi connectivity index (χ2v) is 8.72. The molecule has 0 unspecified atom stereocenters. The summed E-state index contributed by atoms with van der Waals surface area (Å²) in [5.74, 6) is -2.63. The summed E-state index contributed by atoms with van der Waals surface area (Å²) in [6.07, 6.45) is -0.718. The number of amides is 2. The molecule has 0 radical (unpaired) electrons. The summed E-state index contributed by atoms with van der Waals surface area (Å²) < 4.78 is 5.55. The molecule has 3 aromatic rings. The zero-order chi connectivity index (χ0) is 25.1. The highest BCUT2D eigenvalue weighted by atomic mass is 16.5. The summed E-state index contributed by atoms with van der Waals surface area (Å²) in [7, 11) is 0. The van der Waals surface area contributed by atoms with Crippen LogP contribution in [0.15, 0.2) is 66.7 Å². The van der Waals surface area contributed by atoms with E-state index in [1.807, 2.05) is 48.5 Å². The van der Waals surface area contributed by atoms with Crippen LogP contribution in [0.1, 0.15) is 41.3 Å². The van der Waals surface area contributed by atoms with Crippen molar-refractivity contribution < 1.29 is 29.3 Å². The highest BCUT2D eigenvalue weighted by molar-refractivity contribution is 5.98. The van der Waals surface area contributed by atoms with Gasteiger partial charge in [-0.2, -0.15) is 0 Å². The van der Waals surface area contributed by atoms with Gasteiger partial charge in [-0.15, -0.1) is 0 Å². The van der Waals surface area contributed by atoms with Gasteiger partial charge in [0.25, 0.3) is 0 Å². The van der Waals surface area contributed by atoms with Crippen LogP contribution in [0.3, 0.4) is 0 Å². The van der Waals surface area contributed by atoms with Crippen molar-refractivity contribution in [3.63, 3.8) is 0 Å². The fourth-order valence-corrected chi connectivity index (χ4v) is 4.31. The second kappa shape index (κ2) is 9.89. The van der Waals surface area contributed by atoms with E-state index in [2.05, 4.69) is 10.6 Å². The molecule has 0 fully saturated rings. The van der Waals surface area contributed by atoms with Gasteiger partial charge in [-0.25, -0.2) is 9.59 Å². The Morgan fingerprint density at radius 2 is 1.54 bits per heavy atom. The molecule has 8 heteroatoms. The van der Waals surface area contributed by atoms with Crippen molar-refractivity contribution in [3.8, 4) is 16.9 Å². The SMILES string of the molecule is CC(C)[C@H](NC(=O)OCC1c2ccccc2-c2ccccc21)C(=O)Nc1ccc(C(=O)O)c(O)c1. The third-order valence-electron chi connectivity index (χ3n) is 6.06. The maximum Gasteiger partial charge on any atom is 0.407 e. The average Bonchev–Trinajstić information content (AvgIpc) is 3.14. The molecule has 0 heterocycles. The molecule has 1 aliphatic rings. The third kappa shape index (κ3) is 4.96. The molecule has 0 saturated heterocycles. The van der Waals surface area contributed by atoms with Crippen molar-refractivity contribution in [1.82, 2.24) is 5.32 Å². The number of benzene rings is 3. The van der Waals surface area contributed by atoms with Crippen molar-refractivity contribution in [1.29, 1.82) is 0 Å². The largest absolute Gasteiger partial charge is 0.507 e. The lowest BCUT2D eigenvalue weighted by atomic mass is 9.98. The normalized spacial score (nSPS) is 13.0. The molecule has 180 valence electrons. The number of carboxylic acids is 1. The van der Waals surface area contributed by atoms with Crippen LogP contribution in [-0.2, 0) is 9.53 Å². The van der Waals surface area contributed by atoms with E-state index in [-0.39, 0.29) is 29.7 Å². The fraction of sp³-hybridized carbons (Fsp3) is 0.222. The molecule has 0 aromatic heterocycles. The van der Waals surface area contributed by atoms with Gasteiger partial charge < -0.3 is 25.6 Å². The van der Waals surface area contributed by atoms with Gasteiger partial charge in [-0.05, 0) is 40.3 Å². The Hall–Kier alpha value is -4.33. The third-order valence-corrected chi connectivity index (χ3v) is 6.06. The minimum atomic E-state index is -1.28. The Kier molecular flexibility index (Phi) is 6.73. The van der Waals surface area contributed by atoms with E-state index in [0.29, 0.717) is 0 Å². The number of anilines is 1. The molecule has 0 saturated carbocycles. The van der Waals surface area contributed by atoms with Crippen LogP contribution in [-0.4, -0.2) is 40.8 Å². The van der Waals surface area contributed by atoms with E-state index in [1.165, 1.54) is 12.1 Å². The summed E-state index contributed by atoms with van der Waals surface area (Å²) in [5, 5.41) is 24.1. The predicted molar refractivity (Wildman–Crippen MR) is 131 cm³/mol. The molecule has 1 atom stereocenters. The molecule has 3 aromatic carbocycles. The van der Waals surface area contributed by atoms with E-state index in [9.17, 15) is 19.5 Å². The van der Waals surface area contributed by atoms with E-state index in [1.54, 1.807) is 13.8 Å². The zero-order valence-electron chi connectivity index (χ0n) is 19.3. The number of aromatic hydroxyl groups is 1. The van der Waals surface area contributed by atoms with Crippen molar-refractivity contribution in [2.24, 2.45) is 5.92 Å². The molecule has 1 aliphatic carbocycles. The average molecular weight is 475 g/mol. The first-order chi connectivity index (χ1) is 16.8. The van der Waals surface area contributed by atoms with E-state index in [0.717, 1.165) is 28.3 Å². The number of alkyl carbamates (subject to hydrolysis) is 1. The Morgan fingerprint density at radius 3 is 2.09 bits per heavy atom. The van der Waals surface area contributed by atoms with Crippen LogP contribution < -0.4 is 10.6 Å². The number of nitrogens with one attached hydrogen (secondary N) is 2. The summed E-state index contributed by atoms with van der Waals surface area (Å²) in [5.41, 5.74) is 4.34. The van der Waals surface area contributed by atoms with Gasteiger partial charge in [0.1, 0.15) is 24.0 Å². The molecule has 0 spiro atoms. The summed E-state index contributed by atoms with van der Waals surface area (Å²) in [6.45, 7) is 3.68. The lowest BCUT2D eigenvalue weighted by molar-refractivity contribution is -0.119. The first kappa shape index (κ1) is 23.8. The lowest BCUT2D eigenvalue weighted by Crippen LogP contribution is -2.47. The standard InChI is InChI=1S/C27H26N2O6/c1-15(2)24(25(31)28-16-11-12-21(26(32)33)23(30)13-16)29-27(34)35-14-22-19-9-5-3-7-17(19)18-8-4-6-10-20(18)22/h3-13,15,22,24,30H,14H2,1-2H3,(H,28,31)(H,29,34)(H,32,33)/t24-/m0/s1. The van der Waals surface area contributed by atoms with Crippen LogP contribution in [0, 0.1) is 5.92 Å². The number of carbonyl (C=O) groups excluding carboxylic acids is 2. The Balaban J connectivity index is 1.41. The number of carbonyl (C=O) groups is 3. The second-order valence-electron chi connectivity index (χ2n) is 8.72. The zero-order valence-corrected chi connectivity index (χ0v) is 19.3. The molecule has 2 amide bonds. The Bertz CT molecular complexity index is 1240. The highest BCUT2D eigenvalue weighted by Crippen LogP contribution is 2.44. The number of ether oxygens (including phenoxy) is 1. The Labute approximate surface area is 202 Å². The number of carboxylic acid groups (broad SMARTS) is 1. The molecule has 8 nitrogen and oxygen atoms in total.